The van der Waals surface area contributed by atoms with E-state index in [9.17, 15) is 28.2 Å². The highest BCUT2D eigenvalue weighted by atomic mass is 19.4. The number of alkyl halides is 3. The number of carbonyl (C=O) groups excluding carboxylic acids is 1. The van der Waals surface area contributed by atoms with E-state index in [1.165, 1.54) is 29.9 Å². The molecule has 0 aromatic heterocycles. The first kappa shape index (κ1) is 25.7. The van der Waals surface area contributed by atoms with Crippen molar-refractivity contribution in [2.75, 3.05) is 20.1 Å². The lowest BCUT2D eigenvalue weighted by molar-refractivity contribution is -0.199. The Morgan fingerprint density at radius 3 is 2.75 bits per heavy atom. The number of ether oxygens (including phenoxy) is 1. The van der Waals surface area contributed by atoms with Gasteiger partial charge in [-0.2, -0.15) is 13.2 Å². The molecule has 2 aromatic rings. The van der Waals surface area contributed by atoms with Gasteiger partial charge >= 0.3 is 6.18 Å². The molecule has 2 saturated carbocycles. The number of rotatable bonds is 3. The van der Waals surface area contributed by atoms with Crippen LogP contribution in [0.5, 0.6) is 11.5 Å². The molecule has 210 valence electrons. The molecular formula is C31H31F3N2O4. The topological polar surface area (TPSA) is 73.2 Å². The van der Waals surface area contributed by atoms with Crippen LogP contribution in [0.15, 0.2) is 36.4 Å². The molecule has 2 bridgehead atoms. The van der Waals surface area contributed by atoms with Crippen LogP contribution in [-0.2, 0) is 22.8 Å². The summed E-state index contributed by atoms with van der Waals surface area (Å²) >= 11 is 0. The number of amides is 1. The monoisotopic (exact) mass is 552 g/mol. The predicted octanol–water partition coefficient (Wildman–Crippen LogP) is 3.85. The van der Waals surface area contributed by atoms with Gasteiger partial charge in [0.25, 0.3) is 5.91 Å². The summed E-state index contributed by atoms with van der Waals surface area (Å²) in [5, 5.41) is 23.4. The zero-order valence-electron chi connectivity index (χ0n) is 22.2. The average Bonchev–Trinajstić information content (AvgIpc) is 3.66. The maximum Gasteiger partial charge on any atom is 0.416 e. The van der Waals surface area contributed by atoms with E-state index in [4.69, 9.17) is 4.74 Å². The van der Waals surface area contributed by atoms with Crippen LogP contribution in [0.1, 0.15) is 54.4 Å². The standard InChI is InChI=1S/C31H31F3N2O4/c1-35(25(38)10-7-18-3-2-4-21(15-18)31(32,33)34)22-11-12-30(39)24-16-20-8-9-23(37)27-26(20)29(30,28(22)40-27)13-14-36(24)17-19-5-6-19/h2-4,8-9,15,19,22,24,28,37,39H,5-6,11-14,16-17H2,1H3/t22?,24-,28?,29+,30?/m1/s1. The lowest BCUT2D eigenvalue weighted by Gasteiger charge is -2.64. The number of likely N-dealkylation sites (N-methyl/N-ethyl adjacent to an activating group) is 1. The van der Waals surface area contributed by atoms with E-state index < -0.39 is 40.8 Å². The van der Waals surface area contributed by atoms with Crippen molar-refractivity contribution in [1.29, 1.82) is 0 Å². The number of carbonyl (C=O) groups is 1. The summed E-state index contributed by atoms with van der Waals surface area (Å²) in [5.74, 6) is 5.68. The van der Waals surface area contributed by atoms with Crippen LogP contribution in [0.4, 0.5) is 13.2 Å². The number of phenols is 1. The number of likely N-dealkylation sites (tertiary alicyclic amines) is 1. The first-order chi connectivity index (χ1) is 19.0. The van der Waals surface area contributed by atoms with Gasteiger partial charge in [-0.15, -0.1) is 0 Å². The van der Waals surface area contributed by atoms with Crippen molar-refractivity contribution in [3.63, 3.8) is 0 Å². The van der Waals surface area contributed by atoms with Crippen molar-refractivity contribution in [3.05, 3.63) is 58.7 Å². The molecule has 0 radical (unpaired) electrons. The molecule has 5 aliphatic rings. The third kappa shape index (κ3) is 3.61. The number of aliphatic hydroxyl groups is 1. The second-order valence-corrected chi connectivity index (χ2v) is 12.1. The molecule has 6 nitrogen and oxygen atoms in total. The van der Waals surface area contributed by atoms with Gasteiger partial charge in [-0.25, -0.2) is 0 Å². The Kier molecular flexibility index (Phi) is 5.56. The number of hydrogen-bond donors (Lipinski definition) is 2. The maximum absolute atomic E-state index is 13.3. The number of nitrogens with zero attached hydrogens (tertiary/aromatic N) is 2. The molecule has 2 heterocycles. The Morgan fingerprint density at radius 1 is 1.20 bits per heavy atom. The summed E-state index contributed by atoms with van der Waals surface area (Å²) in [6.07, 6.45) is -0.343. The van der Waals surface area contributed by atoms with Crippen LogP contribution in [0.2, 0.25) is 0 Å². The number of piperidine rings is 1. The van der Waals surface area contributed by atoms with E-state index in [1.807, 2.05) is 6.07 Å². The second-order valence-electron chi connectivity index (χ2n) is 12.1. The number of benzene rings is 2. The Hall–Kier alpha value is -3.22. The van der Waals surface area contributed by atoms with Crippen LogP contribution < -0.4 is 4.74 Å². The zero-order valence-corrected chi connectivity index (χ0v) is 22.2. The fourth-order valence-electron chi connectivity index (χ4n) is 7.99. The van der Waals surface area contributed by atoms with Crippen molar-refractivity contribution in [3.8, 4) is 23.3 Å². The lowest BCUT2D eigenvalue weighted by atomic mass is 9.48. The van der Waals surface area contributed by atoms with Crippen LogP contribution in [0.25, 0.3) is 0 Å². The number of phenolic OH excluding ortho intramolecular Hbond substituents is 1. The van der Waals surface area contributed by atoms with Gasteiger partial charge < -0.3 is 19.8 Å². The highest BCUT2D eigenvalue weighted by molar-refractivity contribution is 5.94. The predicted molar refractivity (Wildman–Crippen MR) is 140 cm³/mol. The minimum atomic E-state index is -4.50. The number of halogens is 3. The lowest BCUT2D eigenvalue weighted by Crippen LogP contribution is -2.78. The molecule has 2 N–H and O–H groups in total. The minimum Gasteiger partial charge on any atom is -0.504 e. The Bertz CT molecular complexity index is 1460. The van der Waals surface area contributed by atoms with Crippen LogP contribution >= 0.6 is 0 Å². The molecule has 1 saturated heterocycles. The van der Waals surface area contributed by atoms with Gasteiger partial charge in [0, 0.05) is 36.7 Å². The van der Waals surface area contributed by atoms with Crippen molar-refractivity contribution in [2.45, 2.75) is 73.9 Å². The number of hydrogen-bond acceptors (Lipinski definition) is 5. The summed E-state index contributed by atoms with van der Waals surface area (Å²) in [4.78, 5) is 17.2. The van der Waals surface area contributed by atoms with Gasteiger partial charge in [0.15, 0.2) is 11.5 Å². The molecule has 2 aromatic carbocycles. The number of aromatic hydroxyl groups is 1. The Balaban J connectivity index is 1.22. The zero-order chi connectivity index (χ0) is 28.0. The minimum absolute atomic E-state index is 0.0285. The quantitative estimate of drug-likeness (QED) is 0.566. The fourth-order valence-corrected chi connectivity index (χ4v) is 7.99. The Labute approximate surface area is 230 Å². The van der Waals surface area contributed by atoms with Gasteiger partial charge in [0.2, 0.25) is 0 Å². The third-order valence-electron chi connectivity index (χ3n) is 10.1. The molecule has 5 atom stereocenters. The molecular weight excluding hydrogens is 521 g/mol. The van der Waals surface area contributed by atoms with Gasteiger partial charge in [-0.3, -0.25) is 9.69 Å². The highest BCUT2D eigenvalue weighted by Crippen LogP contribution is 2.66. The molecule has 3 unspecified atom stereocenters. The largest absolute Gasteiger partial charge is 0.504 e. The maximum atomic E-state index is 13.3. The highest BCUT2D eigenvalue weighted by Gasteiger charge is 2.73. The average molecular weight is 553 g/mol. The normalized spacial score (nSPS) is 32.0. The third-order valence-corrected chi connectivity index (χ3v) is 10.1. The first-order valence-electron chi connectivity index (χ1n) is 14.0. The fraction of sp³-hybridized carbons (Fsp3) is 0.516. The molecule has 2 aliphatic heterocycles. The van der Waals surface area contributed by atoms with Crippen LogP contribution in [0, 0.1) is 17.8 Å². The van der Waals surface area contributed by atoms with Crippen LogP contribution in [-0.4, -0.2) is 69.8 Å². The van der Waals surface area contributed by atoms with E-state index in [0.717, 1.165) is 36.3 Å². The van der Waals surface area contributed by atoms with Gasteiger partial charge in [-0.1, -0.05) is 18.1 Å². The first-order valence-corrected chi connectivity index (χ1v) is 14.0. The van der Waals surface area contributed by atoms with Gasteiger partial charge in [-0.05, 0) is 80.8 Å². The molecule has 40 heavy (non-hydrogen) atoms. The summed E-state index contributed by atoms with van der Waals surface area (Å²) in [7, 11) is 1.63. The summed E-state index contributed by atoms with van der Waals surface area (Å²) < 4.78 is 45.8. The van der Waals surface area contributed by atoms with Crippen molar-refractivity contribution in [2.24, 2.45) is 5.92 Å². The smallest absolute Gasteiger partial charge is 0.416 e. The SMILES string of the molecule is CN(C(=O)C#Cc1cccc(C(F)(F)F)c1)C1CCC2(O)[C@H]3Cc4ccc(O)c5c4[C@@]2(CCN3CC2CC2)C1O5. The molecule has 1 spiro atoms. The van der Waals surface area contributed by atoms with E-state index in [0.29, 0.717) is 37.4 Å². The van der Waals surface area contributed by atoms with Crippen molar-refractivity contribution >= 4 is 5.91 Å². The summed E-state index contributed by atoms with van der Waals surface area (Å²) in [6, 6.07) is 7.69. The van der Waals surface area contributed by atoms with E-state index in [1.54, 1.807) is 13.1 Å². The molecule has 9 heteroatoms. The van der Waals surface area contributed by atoms with Crippen molar-refractivity contribution < 1.29 is 32.9 Å². The molecule has 7 rings (SSSR count). The van der Waals surface area contributed by atoms with Crippen LogP contribution in [0.3, 0.4) is 0 Å². The molecule has 3 aliphatic carbocycles. The van der Waals surface area contributed by atoms with E-state index in [2.05, 4.69) is 16.7 Å². The van der Waals surface area contributed by atoms with Crippen molar-refractivity contribution in [1.82, 2.24) is 9.80 Å². The van der Waals surface area contributed by atoms with Gasteiger partial charge in [0.1, 0.15) is 6.10 Å². The van der Waals surface area contributed by atoms with E-state index in [-0.39, 0.29) is 17.4 Å². The molecule has 1 amide bonds. The summed E-state index contributed by atoms with van der Waals surface area (Å²) in [5.41, 5.74) is -0.608. The van der Waals surface area contributed by atoms with Gasteiger partial charge in [0.05, 0.1) is 22.6 Å². The Morgan fingerprint density at radius 2 is 2.00 bits per heavy atom. The summed E-state index contributed by atoms with van der Waals surface area (Å²) in [6.45, 7) is 1.78. The second kappa shape index (κ2) is 8.64. The molecule has 3 fully saturated rings. The van der Waals surface area contributed by atoms with E-state index >= 15 is 0 Å².